The molecule has 0 fully saturated rings. The van der Waals surface area contributed by atoms with E-state index in [-0.39, 0.29) is 29.4 Å². The smallest absolute Gasteiger partial charge is 0.239 e. The van der Waals surface area contributed by atoms with Crippen LogP contribution in [0.2, 0.25) is 0 Å². The number of hydrogen-bond donors (Lipinski definition) is 2. The SMILES string of the molecule is CCCNC(=O)CN(C)C(=O)CSC(C)C(C)O. The summed E-state index contributed by atoms with van der Waals surface area (Å²) in [6.07, 6.45) is 0.437. The average Bonchev–Trinajstić information content (AvgIpc) is 2.32. The van der Waals surface area contributed by atoms with Crippen molar-refractivity contribution in [1.82, 2.24) is 10.2 Å². The number of carbonyl (C=O) groups is 2. The van der Waals surface area contributed by atoms with Gasteiger partial charge in [-0.2, -0.15) is 0 Å². The van der Waals surface area contributed by atoms with Crippen LogP contribution in [0, 0.1) is 0 Å². The first-order valence-corrected chi connectivity index (χ1v) is 7.23. The lowest BCUT2D eigenvalue weighted by atomic mass is 10.3. The van der Waals surface area contributed by atoms with Crippen molar-refractivity contribution >= 4 is 23.6 Å². The molecule has 0 radical (unpaired) electrons. The van der Waals surface area contributed by atoms with Crippen LogP contribution in [0.15, 0.2) is 0 Å². The number of nitrogens with zero attached hydrogens (tertiary/aromatic N) is 1. The third-order valence-electron chi connectivity index (χ3n) is 2.53. The average molecular weight is 276 g/mol. The summed E-state index contributed by atoms with van der Waals surface area (Å²) in [7, 11) is 1.61. The zero-order chi connectivity index (χ0) is 14.1. The fourth-order valence-corrected chi connectivity index (χ4v) is 1.98. The molecule has 2 N–H and O–H groups in total. The summed E-state index contributed by atoms with van der Waals surface area (Å²) in [6, 6.07) is 0. The van der Waals surface area contributed by atoms with E-state index in [0.29, 0.717) is 6.54 Å². The number of amides is 2. The molecule has 2 amide bonds. The molecule has 0 aromatic rings. The fourth-order valence-electron chi connectivity index (χ4n) is 1.08. The number of likely N-dealkylation sites (N-methyl/N-ethyl adjacent to an activating group) is 1. The van der Waals surface area contributed by atoms with E-state index >= 15 is 0 Å². The molecular weight excluding hydrogens is 252 g/mol. The van der Waals surface area contributed by atoms with Gasteiger partial charge in [-0.05, 0) is 13.3 Å². The molecule has 0 saturated carbocycles. The maximum atomic E-state index is 11.7. The Kier molecular flexibility index (Phi) is 8.83. The Hall–Kier alpha value is -0.750. The highest BCUT2D eigenvalue weighted by atomic mass is 32.2. The minimum absolute atomic E-state index is 0.0104. The monoisotopic (exact) mass is 276 g/mol. The van der Waals surface area contributed by atoms with Crippen molar-refractivity contribution in [1.29, 1.82) is 0 Å². The van der Waals surface area contributed by atoms with Crippen LogP contribution in [-0.2, 0) is 9.59 Å². The minimum Gasteiger partial charge on any atom is -0.392 e. The molecule has 0 aromatic heterocycles. The lowest BCUT2D eigenvalue weighted by molar-refractivity contribution is -0.132. The van der Waals surface area contributed by atoms with E-state index in [0.717, 1.165) is 6.42 Å². The molecule has 0 aromatic carbocycles. The normalized spacial score (nSPS) is 13.8. The third-order valence-corrected chi connectivity index (χ3v) is 3.86. The highest BCUT2D eigenvalue weighted by molar-refractivity contribution is 8.00. The number of aliphatic hydroxyl groups excluding tert-OH is 1. The van der Waals surface area contributed by atoms with Gasteiger partial charge in [-0.3, -0.25) is 9.59 Å². The first kappa shape index (κ1) is 17.2. The molecule has 0 rings (SSSR count). The molecule has 0 aliphatic rings. The van der Waals surface area contributed by atoms with Crippen LogP contribution < -0.4 is 5.32 Å². The molecule has 2 unspecified atom stereocenters. The van der Waals surface area contributed by atoms with Gasteiger partial charge in [-0.15, -0.1) is 11.8 Å². The molecule has 6 heteroatoms. The number of rotatable bonds is 8. The Balaban J connectivity index is 3.92. The van der Waals surface area contributed by atoms with Gasteiger partial charge in [0, 0.05) is 18.8 Å². The lowest BCUT2D eigenvalue weighted by Gasteiger charge is -2.19. The number of carbonyl (C=O) groups excluding carboxylic acids is 2. The Bertz CT molecular complexity index is 272. The van der Waals surface area contributed by atoms with E-state index in [1.807, 2.05) is 13.8 Å². The van der Waals surface area contributed by atoms with Crippen molar-refractivity contribution in [2.75, 3.05) is 25.9 Å². The van der Waals surface area contributed by atoms with Gasteiger partial charge in [0.1, 0.15) is 0 Å². The molecule has 0 saturated heterocycles. The second-order valence-corrected chi connectivity index (χ2v) is 5.72. The summed E-state index contributed by atoms with van der Waals surface area (Å²) in [5.74, 6) is 0.0457. The van der Waals surface area contributed by atoms with Crippen molar-refractivity contribution in [2.45, 2.75) is 38.5 Å². The summed E-state index contributed by atoms with van der Waals surface area (Å²) in [5.41, 5.74) is 0. The fraction of sp³-hybridized carbons (Fsp3) is 0.833. The van der Waals surface area contributed by atoms with Gasteiger partial charge in [0.15, 0.2) is 0 Å². The topological polar surface area (TPSA) is 69.6 Å². The molecule has 0 aliphatic carbocycles. The van der Waals surface area contributed by atoms with Crippen molar-refractivity contribution in [2.24, 2.45) is 0 Å². The van der Waals surface area contributed by atoms with Crippen LogP contribution >= 0.6 is 11.8 Å². The Morgan fingerprint density at radius 2 is 2.00 bits per heavy atom. The second kappa shape index (κ2) is 9.22. The largest absolute Gasteiger partial charge is 0.392 e. The van der Waals surface area contributed by atoms with Crippen molar-refractivity contribution < 1.29 is 14.7 Å². The molecule has 0 heterocycles. The molecule has 0 bridgehead atoms. The maximum Gasteiger partial charge on any atom is 0.239 e. The van der Waals surface area contributed by atoms with Gasteiger partial charge < -0.3 is 15.3 Å². The Morgan fingerprint density at radius 1 is 1.39 bits per heavy atom. The van der Waals surface area contributed by atoms with Gasteiger partial charge in [0.05, 0.1) is 18.4 Å². The summed E-state index contributed by atoms with van der Waals surface area (Å²) in [6.45, 7) is 6.26. The van der Waals surface area contributed by atoms with E-state index in [9.17, 15) is 14.7 Å². The van der Waals surface area contributed by atoms with Gasteiger partial charge in [-0.1, -0.05) is 13.8 Å². The van der Waals surface area contributed by atoms with Crippen molar-refractivity contribution in [3.8, 4) is 0 Å². The van der Waals surface area contributed by atoms with Crippen LogP contribution in [0.1, 0.15) is 27.2 Å². The summed E-state index contributed by atoms with van der Waals surface area (Å²) in [4.78, 5) is 24.5. The Morgan fingerprint density at radius 3 is 2.50 bits per heavy atom. The predicted molar refractivity (Wildman–Crippen MR) is 74.5 cm³/mol. The van der Waals surface area contributed by atoms with Crippen molar-refractivity contribution in [3.63, 3.8) is 0 Å². The first-order chi connectivity index (χ1) is 8.38. The number of aliphatic hydroxyl groups is 1. The standard InChI is InChI=1S/C12H24N2O3S/c1-5-6-13-11(16)7-14(4)12(17)8-18-10(3)9(2)15/h9-10,15H,5-8H2,1-4H3,(H,13,16). The highest BCUT2D eigenvalue weighted by Crippen LogP contribution is 2.14. The van der Waals surface area contributed by atoms with Crippen molar-refractivity contribution in [3.05, 3.63) is 0 Å². The highest BCUT2D eigenvalue weighted by Gasteiger charge is 2.16. The van der Waals surface area contributed by atoms with Gasteiger partial charge >= 0.3 is 0 Å². The van der Waals surface area contributed by atoms with Gasteiger partial charge in [0.2, 0.25) is 11.8 Å². The predicted octanol–water partition coefficient (Wildman–Crippen LogP) is 0.473. The van der Waals surface area contributed by atoms with Crippen LogP contribution in [0.3, 0.4) is 0 Å². The van der Waals surface area contributed by atoms with E-state index < -0.39 is 6.10 Å². The van der Waals surface area contributed by atoms with Crippen LogP contribution in [0.25, 0.3) is 0 Å². The van der Waals surface area contributed by atoms with E-state index in [1.54, 1.807) is 14.0 Å². The first-order valence-electron chi connectivity index (χ1n) is 6.18. The molecule has 5 nitrogen and oxygen atoms in total. The number of hydrogen-bond acceptors (Lipinski definition) is 4. The lowest BCUT2D eigenvalue weighted by Crippen LogP contribution is -2.39. The van der Waals surface area contributed by atoms with Crippen LogP contribution in [0.4, 0.5) is 0 Å². The van der Waals surface area contributed by atoms with E-state index in [2.05, 4.69) is 5.32 Å². The second-order valence-electron chi connectivity index (χ2n) is 4.36. The molecule has 0 spiro atoms. The quantitative estimate of drug-likeness (QED) is 0.676. The minimum atomic E-state index is -0.444. The van der Waals surface area contributed by atoms with E-state index in [4.69, 9.17) is 0 Å². The van der Waals surface area contributed by atoms with Gasteiger partial charge in [0.25, 0.3) is 0 Å². The molecule has 0 aliphatic heterocycles. The molecular formula is C12H24N2O3S. The number of nitrogens with one attached hydrogen (secondary N) is 1. The Labute approximate surface area is 113 Å². The zero-order valence-corrected chi connectivity index (χ0v) is 12.4. The molecule has 106 valence electrons. The number of thioether (sulfide) groups is 1. The van der Waals surface area contributed by atoms with Gasteiger partial charge in [-0.25, -0.2) is 0 Å². The van der Waals surface area contributed by atoms with Crippen LogP contribution in [-0.4, -0.2) is 59.1 Å². The molecule has 2 atom stereocenters. The molecule has 18 heavy (non-hydrogen) atoms. The maximum absolute atomic E-state index is 11.7. The summed E-state index contributed by atoms with van der Waals surface area (Å²) in [5, 5.41) is 12.0. The third kappa shape index (κ3) is 7.55. The zero-order valence-electron chi connectivity index (χ0n) is 11.6. The van der Waals surface area contributed by atoms with Crippen LogP contribution in [0.5, 0.6) is 0 Å². The van der Waals surface area contributed by atoms with E-state index in [1.165, 1.54) is 16.7 Å². The summed E-state index contributed by atoms with van der Waals surface area (Å²) < 4.78 is 0. The summed E-state index contributed by atoms with van der Waals surface area (Å²) >= 11 is 1.39.